The number of aromatic nitrogens is 4. The number of rotatable bonds is 5. The Morgan fingerprint density at radius 1 is 0.490 bits per heavy atom. The molecule has 0 aliphatic heterocycles. The molecule has 1 aliphatic carbocycles. The zero-order chi connectivity index (χ0) is 34.5. The van der Waals surface area contributed by atoms with Gasteiger partial charge in [-0.1, -0.05) is 111 Å². The maximum Gasteiger partial charge on any atom is 0.164 e. The lowest BCUT2D eigenvalue weighted by molar-refractivity contribution is 0.660. The maximum absolute atomic E-state index is 9.63. The fourth-order valence-corrected chi connectivity index (χ4v) is 7.35. The molecule has 5 heteroatoms. The third-order valence-corrected chi connectivity index (χ3v) is 9.99. The summed E-state index contributed by atoms with van der Waals surface area (Å²) in [5, 5.41) is 11.8. The molecule has 9 rings (SSSR count). The van der Waals surface area contributed by atoms with E-state index in [9.17, 15) is 5.26 Å². The highest BCUT2D eigenvalue weighted by Crippen LogP contribution is 2.50. The Morgan fingerprint density at radius 3 is 1.96 bits per heavy atom. The minimum absolute atomic E-state index is 0.263. The minimum Gasteiger partial charge on any atom is -0.256 e. The molecule has 0 spiro atoms. The van der Waals surface area contributed by atoms with Crippen LogP contribution in [0.4, 0.5) is 0 Å². The van der Waals surface area contributed by atoms with E-state index in [1.165, 1.54) is 22.3 Å². The molecule has 5 nitrogen and oxygen atoms in total. The van der Waals surface area contributed by atoms with Crippen molar-refractivity contribution in [3.8, 4) is 73.7 Å². The van der Waals surface area contributed by atoms with Crippen molar-refractivity contribution in [3.63, 3.8) is 0 Å². The van der Waals surface area contributed by atoms with E-state index in [-0.39, 0.29) is 5.41 Å². The van der Waals surface area contributed by atoms with Crippen LogP contribution in [0.15, 0.2) is 152 Å². The fourth-order valence-electron chi connectivity index (χ4n) is 7.35. The lowest BCUT2D eigenvalue weighted by atomic mass is 9.81. The second-order valence-electron chi connectivity index (χ2n) is 13.5. The zero-order valence-electron chi connectivity index (χ0n) is 28.2. The van der Waals surface area contributed by atoms with Crippen molar-refractivity contribution < 1.29 is 0 Å². The van der Waals surface area contributed by atoms with Crippen molar-refractivity contribution >= 4 is 10.8 Å². The first kappa shape index (κ1) is 30.3. The second-order valence-corrected chi connectivity index (χ2v) is 13.5. The van der Waals surface area contributed by atoms with Gasteiger partial charge in [-0.3, -0.25) is 4.98 Å². The number of fused-ring (bicyclic) bond motifs is 4. The number of nitriles is 1. The van der Waals surface area contributed by atoms with Crippen LogP contribution in [0.25, 0.3) is 78.4 Å². The Bertz CT molecular complexity index is 2670. The maximum atomic E-state index is 9.63. The molecule has 2 aromatic heterocycles. The molecule has 0 saturated carbocycles. The van der Waals surface area contributed by atoms with Crippen LogP contribution < -0.4 is 0 Å². The number of benzene rings is 6. The fraction of sp³-hybridized carbons (Fsp3) is 0.0652. The van der Waals surface area contributed by atoms with E-state index in [0.717, 1.165) is 49.8 Å². The van der Waals surface area contributed by atoms with Crippen LogP contribution in [0, 0.1) is 11.3 Å². The number of hydrogen-bond acceptors (Lipinski definition) is 5. The molecule has 0 amide bonds. The predicted molar refractivity (Wildman–Crippen MR) is 205 cm³/mol. The summed E-state index contributed by atoms with van der Waals surface area (Å²) in [7, 11) is 0. The van der Waals surface area contributed by atoms with Crippen LogP contribution in [0.1, 0.15) is 30.5 Å². The van der Waals surface area contributed by atoms with Crippen LogP contribution in [0.2, 0.25) is 0 Å². The van der Waals surface area contributed by atoms with Gasteiger partial charge in [-0.05, 0) is 92.7 Å². The molecule has 1 aliphatic rings. The van der Waals surface area contributed by atoms with Gasteiger partial charge >= 0.3 is 0 Å². The molecule has 51 heavy (non-hydrogen) atoms. The molecule has 0 atom stereocenters. The normalized spacial score (nSPS) is 12.6. The lowest BCUT2D eigenvalue weighted by Crippen LogP contribution is -2.15. The second kappa shape index (κ2) is 12.0. The molecule has 240 valence electrons. The van der Waals surface area contributed by atoms with Gasteiger partial charge < -0.3 is 0 Å². The Kier molecular flexibility index (Phi) is 7.12. The largest absolute Gasteiger partial charge is 0.256 e. The van der Waals surface area contributed by atoms with Crippen molar-refractivity contribution in [2.45, 2.75) is 19.3 Å². The van der Waals surface area contributed by atoms with Gasteiger partial charge in [0.15, 0.2) is 17.5 Å². The standard InChI is InChI=1S/C46H31N5/c1-46(2)40-23-29(28-47)18-20-37(40)38-21-19-32(27-41(38)46)33-24-34(42-17-8-9-22-48-42)26-35(25-33)44-49-43(31-12-4-3-5-13-31)50-45(51-44)39-16-10-14-30-11-6-7-15-36(30)39/h3-27H,1-2H3. The SMILES string of the molecule is CC1(C)c2cc(C#N)ccc2-c2ccc(-c3cc(-c4ccccn4)cc(-c4nc(-c5ccccc5)nc(-c5cccc6ccccc56)n4)c3)cc21. The minimum atomic E-state index is -0.263. The quantitative estimate of drug-likeness (QED) is 0.185. The van der Waals surface area contributed by atoms with Crippen molar-refractivity contribution in [2.75, 3.05) is 0 Å². The topological polar surface area (TPSA) is 75.3 Å². The number of pyridine rings is 1. The van der Waals surface area contributed by atoms with Crippen LogP contribution >= 0.6 is 0 Å². The van der Waals surface area contributed by atoms with Crippen LogP contribution in [0.5, 0.6) is 0 Å². The molecule has 8 aromatic rings. The first-order chi connectivity index (χ1) is 25.0. The van der Waals surface area contributed by atoms with Gasteiger partial charge in [0, 0.05) is 33.9 Å². The highest BCUT2D eigenvalue weighted by Gasteiger charge is 2.36. The van der Waals surface area contributed by atoms with Crippen LogP contribution in [0.3, 0.4) is 0 Å². The van der Waals surface area contributed by atoms with E-state index in [4.69, 9.17) is 19.9 Å². The summed E-state index contributed by atoms with van der Waals surface area (Å²) in [6, 6.07) is 52.2. The molecular weight excluding hydrogens is 623 g/mol. The van der Waals surface area contributed by atoms with E-state index >= 15 is 0 Å². The Hall–Kier alpha value is -6.77. The van der Waals surface area contributed by atoms with Gasteiger partial charge in [-0.25, -0.2) is 15.0 Å². The summed E-state index contributed by atoms with van der Waals surface area (Å²) >= 11 is 0. The molecule has 0 fully saturated rings. The highest BCUT2D eigenvalue weighted by molar-refractivity contribution is 5.95. The monoisotopic (exact) mass is 653 g/mol. The zero-order valence-corrected chi connectivity index (χ0v) is 28.2. The Balaban J connectivity index is 1.25. The van der Waals surface area contributed by atoms with E-state index in [0.29, 0.717) is 23.0 Å². The Labute approximate surface area is 296 Å². The van der Waals surface area contributed by atoms with E-state index in [2.05, 4.69) is 92.7 Å². The summed E-state index contributed by atoms with van der Waals surface area (Å²) in [5.74, 6) is 1.82. The molecular formula is C46H31N5. The average molecular weight is 654 g/mol. The van der Waals surface area contributed by atoms with Gasteiger partial charge in [0.25, 0.3) is 0 Å². The first-order valence-electron chi connectivity index (χ1n) is 17.0. The van der Waals surface area contributed by atoms with Crippen LogP contribution in [-0.4, -0.2) is 19.9 Å². The third kappa shape index (κ3) is 5.26. The third-order valence-electron chi connectivity index (χ3n) is 9.99. The summed E-state index contributed by atoms with van der Waals surface area (Å²) in [6.07, 6.45) is 1.82. The molecule has 2 heterocycles. The number of nitrogens with zero attached hydrogens (tertiary/aromatic N) is 5. The van der Waals surface area contributed by atoms with Gasteiger partial charge in [0.2, 0.25) is 0 Å². The lowest BCUT2D eigenvalue weighted by Gasteiger charge is -2.22. The van der Waals surface area contributed by atoms with E-state index in [1.54, 1.807) is 0 Å². The number of hydrogen-bond donors (Lipinski definition) is 0. The van der Waals surface area contributed by atoms with Crippen molar-refractivity contribution in [2.24, 2.45) is 0 Å². The molecule has 0 unspecified atom stereocenters. The van der Waals surface area contributed by atoms with Gasteiger partial charge in [-0.2, -0.15) is 5.26 Å². The van der Waals surface area contributed by atoms with Crippen molar-refractivity contribution in [3.05, 3.63) is 168 Å². The molecule has 0 N–H and O–H groups in total. The van der Waals surface area contributed by atoms with Gasteiger partial charge in [0.1, 0.15) is 0 Å². The van der Waals surface area contributed by atoms with Crippen LogP contribution in [-0.2, 0) is 5.41 Å². The summed E-state index contributed by atoms with van der Waals surface area (Å²) in [4.78, 5) is 20.0. The van der Waals surface area contributed by atoms with Crippen molar-refractivity contribution in [1.29, 1.82) is 5.26 Å². The first-order valence-corrected chi connectivity index (χ1v) is 17.0. The summed E-state index contributed by atoms with van der Waals surface area (Å²) in [5.41, 5.74) is 11.9. The molecule has 6 aromatic carbocycles. The molecule has 0 saturated heterocycles. The Morgan fingerprint density at radius 2 is 1.16 bits per heavy atom. The average Bonchev–Trinajstić information content (AvgIpc) is 3.42. The van der Waals surface area contributed by atoms with E-state index in [1.807, 2.05) is 79.0 Å². The summed E-state index contributed by atoms with van der Waals surface area (Å²) in [6.45, 7) is 4.48. The smallest absolute Gasteiger partial charge is 0.164 e. The molecule has 0 radical (unpaired) electrons. The van der Waals surface area contributed by atoms with Crippen molar-refractivity contribution in [1.82, 2.24) is 19.9 Å². The predicted octanol–water partition coefficient (Wildman–Crippen LogP) is 10.9. The van der Waals surface area contributed by atoms with Gasteiger partial charge in [-0.15, -0.1) is 0 Å². The highest BCUT2D eigenvalue weighted by atomic mass is 15.0. The molecule has 0 bridgehead atoms. The summed E-state index contributed by atoms with van der Waals surface area (Å²) < 4.78 is 0. The van der Waals surface area contributed by atoms with E-state index < -0.39 is 0 Å². The van der Waals surface area contributed by atoms with Gasteiger partial charge in [0.05, 0.1) is 17.3 Å².